The summed E-state index contributed by atoms with van der Waals surface area (Å²) in [5.74, 6) is 3.61. The lowest BCUT2D eigenvalue weighted by Crippen LogP contribution is -2.10. The molecule has 3 N–H and O–H groups in total. The number of rotatable bonds is 5. The Labute approximate surface area is 78.8 Å². The Kier molecular flexibility index (Phi) is 4.51. The highest BCUT2D eigenvalue weighted by molar-refractivity contribution is 7.99. The van der Waals surface area contributed by atoms with Gasteiger partial charge >= 0.3 is 0 Å². The lowest BCUT2D eigenvalue weighted by molar-refractivity contribution is 0.623. The summed E-state index contributed by atoms with van der Waals surface area (Å²) in [6, 6.07) is 0. The molecule has 0 aliphatic heterocycles. The SMILES string of the molecule is N=C(N)CCSCC1CCCC1. The highest BCUT2D eigenvalue weighted by Crippen LogP contribution is 2.27. The molecular weight excluding hydrogens is 168 g/mol. The zero-order valence-corrected chi connectivity index (χ0v) is 8.33. The summed E-state index contributed by atoms with van der Waals surface area (Å²) in [5, 5.41) is 7.05. The van der Waals surface area contributed by atoms with Crippen LogP contribution in [-0.4, -0.2) is 17.3 Å². The summed E-state index contributed by atoms with van der Waals surface area (Å²) in [6.45, 7) is 0. The zero-order valence-electron chi connectivity index (χ0n) is 7.51. The minimum atomic E-state index is 0.328. The lowest BCUT2D eigenvalue weighted by Gasteiger charge is -2.07. The number of hydrogen-bond donors (Lipinski definition) is 2. The Morgan fingerprint density at radius 1 is 1.42 bits per heavy atom. The van der Waals surface area contributed by atoms with Gasteiger partial charge in [-0.3, -0.25) is 5.41 Å². The molecule has 0 heterocycles. The van der Waals surface area contributed by atoms with E-state index in [-0.39, 0.29) is 0 Å². The van der Waals surface area contributed by atoms with E-state index in [4.69, 9.17) is 11.1 Å². The third-order valence-corrected chi connectivity index (χ3v) is 3.54. The molecule has 1 aliphatic rings. The van der Waals surface area contributed by atoms with Gasteiger partial charge in [0.2, 0.25) is 0 Å². The number of hydrogen-bond acceptors (Lipinski definition) is 2. The van der Waals surface area contributed by atoms with Crippen molar-refractivity contribution in [2.24, 2.45) is 11.7 Å². The third kappa shape index (κ3) is 4.00. The number of thioether (sulfide) groups is 1. The Morgan fingerprint density at radius 3 is 2.67 bits per heavy atom. The van der Waals surface area contributed by atoms with Crippen LogP contribution < -0.4 is 5.73 Å². The van der Waals surface area contributed by atoms with E-state index in [0.29, 0.717) is 5.84 Å². The molecule has 0 saturated heterocycles. The molecule has 0 unspecified atom stereocenters. The lowest BCUT2D eigenvalue weighted by atomic mass is 10.1. The molecule has 1 rings (SSSR count). The van der Waals surface area contributed by atoms with Crippen LogP contribution >= 0.6 is 11.8 Å². The summed E-state index contributed by atoms with van der Waals surface area (Å²) in [6.07, 6.45) is 6.47. The molecule has 0 bridgehead atoms. The average Bonchev–Trinajstić information content (AvgIpc) is 2.49. The van der Waals surface area contributed by atoms with Gasteiger partial charge in [-0.15, -0.1) is 0 Å². The van der Waals surface area contributed by atoms with Gasteiger partial charge in [0.25, 0.3) is 0 Å². The molecule has 1 aliphatic carbocycles. The van der Waals surface area contributed by atoms with Gasteiger partial charge < -0.3 is 5.73 Å². The minimum Gasteiger partial charge on any atom is -0.388 e. The van der Waals surface area contributed by atoms with Gasteiger partial charge in [-0.25, -0.2) is 0 Å². The summed E-state index contributed by atoms with van der Waals surface area (Å²) in [5.41, 5.74) is 5.26. The standard InChI is InChI=1S/C9H18N2S/c10-9(11)5-6-12-7-8-3-1-2-4-8/h8H,1-7H2,(H3,10,11). The van der Waals surface area contributed by atoms with Crippen molar-refractivity contribution in [3.63, 3.8) is 0 Å². The summed E-state index contributed by atoms with van der Waals surface area (Å²) < 4.78 is 0. The van der Waals surface area contributed by atoms with Crippen molar-refractivity contribution in [3.8, 4) is 0 Å². The van der Waals surface area contributed by atoms with Crippen molar-refractivity contribution in [3.05, 3.63) is 0 Å². The molecule has 12 heavy (non-hydrogen) atoms. The van der Waals surface area contributed by atoms with Crippen LogP contribution in [0.1, 0.15) is 32.1 Å². The van der Waals surface area contributed by atoms with Crippen molar-refractivity contribution < 1.29 is 0 Å². The topological polar surface area (TPSA) is 49.9 Å². The predicted molar refractivity (Wildman–Crippen MR) is 55.8 cm³/mol. The molecule has 2 nitrogen and oxygen atoms in total. The van der Waals surface area contributed by atoms with Crippen LogP contribution in [0.4, 0.5) is 0 Å². The molecule has 0 spiro atoms. The third-order valence-electron chi connectivity index (χ3n) is 2.34. The second-order valence-electron chi connectivity index (χ2n) is 3.50. The Hall–Kier alpha value is -0.180. The number of nitrogens with one attached hydrogen (secondary N) is 1. The molecule has 0 radical (unpaired) electrons. The van der Waals surface area contributed by atoms with Crippen molar-refractivity contribution in [2.75, 3.05) is 11.5 Å². The van der Waals surface area contributed by atoms with Crippen molar-refractivity contribution >= 4 is 17.6 Å². The quantitative estimate of drug-likeness (QED) is 0.393. The molecule has 1 saturated carbocycles. The summed E-state index contributed by atoms with van der Waals surface area (Å²) in [4.78, 5) is 0. The second-order valence-corrected chi connectivity index (χ2v) is 4.65. The Balaban J connectivity index is 1.91. The first-order valence-electron chi connectivity index (χ1n) is 4.69. The molecule has 0 aromatic rings. The van der Waals surface area contributed by atoms with E-state index >= 15 is 0 Å². The predicted octanol–water partition coefficient (Wildman–Crippen LogP) is 2.24. The van der Waals surface area contributed by atoms with Gasteiger partial charge in [0.1, 0.15) is 0 Å². The normalized spacial score (nSPS) is 18.3. The molecule has 0 atom stereocenters. The van der Waals surface area contributed by atoms with Crippen LogP contribution in [0.2, 0.25) is 0 Å². The van der Waals surface area contributed by atoms with Crippen LogP contribution in [0.25, 0.3) is 0 Å². The smallest absolute Gasteiger partial charge is 0.0913 e. The fourth-order valence-electron chi connectivity index (χ4n) is 1.61. The van der Waals surface area contributed by atoms with Crippen LogP contribution in [0, 0.1) is 11.3 Å². The maximum atomic E-state index is 7.05. The van der Waals surface area contributed by atoms with Gasteiger partial charge in [-0.1, -0.05) is 12.8 Å². The van der Waals surface area contributed by atoms with Crippen LogP contribution in [0.3, 0.4) is 0 Å². The fraction of sp³-hybridized carbons (Fsp3) is 0.889. The molecule has 3 heteroatoms. The van der Waals surface area contributed by atoms with Crippen LogP contribution in [0.5, 0.6) is 0 Å². The van der Waals surface area contributed by atoms with E-state index in [1.165, 1.54) is 31.4 Å². The van der Waals surface area contributed by atoms with E-state index in [9.17, 15) is 0 Å². The largest absolute Gasteiger partial charge is 0.388 e. The van der Waals surface area contributed by atoms with E-state index in [0.717, 1.165) is 18.1 Å². The van der Waals surface area contributed by atoms with E-state index in [1.807, 2.05) is 11.8 Å². The first kappa shape index (κ1) is 9.90. The maximum absolute atomic E-state index is 7.05. The van der Waals surface area contributed by atoms with Crippen LogP contribution in [-0.2, 0) is 0 Å². The molecular formula is C9H18N2S. The number of amidine groups is 1. The molecule has 0 amide bonds. The monoisotopic (exact) mass is 186 g/mol. The van der Waals surface area contributed by atoms with Gasteiger partial charge in [0.15, 0.2) is 0 Å². The molecule has 0 aromatic carbocycles. The fourth-order valence-corrected chi connectivity index (χ4v) is 2.81. The molecule has 0 aromatic heterocycles. The Morgan fingerprint density at radius 2 is 2.08 bits per heavy atom. The Bertz CT molecular complexity index is 141. The van der Waals surface area contributed by atoms with E-state index < -0.39 is 0 Å². The van der Waals surface area contributed by atoms with Gasteiger partial charge in [-0.05, 0) is 24.5 Å². The van der Waals surface area contributed by atoms with Crippen molar-refractivity contribution in [1.29, 1.82) is 5.41 Å². The maximum Gasteiger partial charge on any atom is 0.0913 e. The van der Waals surface area contributed by atoms with Gasteiger partial charge in [0, 0.05) is 12.2 Å². The van der Waals surface area contributed by atoms with Gasteiger partial charge in [0.05, 0.1) is 5.84 Å². The van der Waals surface area contributed by atoms with Crippen molar-refractivity contribution in [2.45, 2.75) is 32.1 Å². The average molecular weight is 186 g/mol. The zero-order chi connectivity index (χ0) is 8.81. The molecule has 70 valence electrons. The van der Waals surface area contributed by atoms with Crippen LogP contribution in [0.15, 0.2) is 0 Å². The molecule has 1 fully saturated rings. The minimum absolute atomic E-state index is 0.328. The summed E-state index contributed by atoms with van der Waals surface area (Å²) in [7, 11) is 0. The number of nitrogens with two attached hydrogens (primary N) is 1. The first-order chi connectivity index (χ1) is 5.79. The van der Waals surface area contributed by atoms with E-state index in [2.05, 4.69) is 0 Å². The van der Waals surface area contributed by atoms with Gasteiger partial charge in [-0.2, -0.15) is 11.8 Å². The second kappa shape index (κ2) is 5.46. The van der Waals surface area contributed by atoms with E-state index in [1.54, 1.807) is 0 Å². The highest BCUT2D eigenvalue weighted by atomic mass is 32.2. The van der Waals surface area contributed by atoms with Crippen molar-refractivity contribution in [1.82, 2.24) is 0 Å². The first-order valence-corrected chi connectivity index (χ1v) is 5.85. The highest BCUT2D eigenvalue weighted by Gasteiger charge is 2.14. The summed E-state index contributed by atoms with van der Waals surface area (Å²) >= 11 is 1.96.